The van der Waals surface area contributed by atoms with E-state index in [1.165, 1.54) is 6.92 Å². The average molecular weight is 120 g/mol. The van der Waals surface area contributed by atoms with Crippen LogP contribution < -0.4 is 11.5 Å². The number of hydrogen-bond donors (Lipinski definition) is 2. The van der Waals surface area contributed by atoms with Crippen LogP contribution in [0.4, 0.5) is 4.39 Å². The molecule has 0 aliphatic heterocycles. The first-order valence-corrected chi connectivity index (χ1v) is 2.74. The molecule has 0 fully saturated rings. The summed E-state index contributed by atoms with van der Waals surface area (Å²) in [6, 6.07) is 0. The van der Waals surface area contributed by atoms with E-state index >= 15 is 0 Å². The molecule has 4 N–H and O–H groups in total. The quantitative estimate of drug-likeness (QED) is 0.529. The molecule has 0 rings (SSSR count). The van der Waals surface area contributed by atoms with Gasteiger partial charge in [0.15, 0.2) is 5.79 Å². The first-order valence-electron chi connectivity index (χ1n) is 2.74. The second kappa shape index (κ2) is 2.99. The largest absolute Gasteiger partial charge is 0.330 e. The van der Waals surface area contributed by atoms with Gasteiger partial charge in [-0.25, -0.2) is 4.39 Å². The molecule has 50 valence electrons. The van der Waals surface area contributed by atoms with Crippen molar-refractivity contribution in [1.82, 2.24) is 0 Å². The van der Waals surface area contributed by atoms with Crippen molar-refractivity contribution in [2.75, 3.05) is 6.54 Å². The Balaban J connectivity index is 3.11. The van der Waals surface area contributed by atoms with E-state index in [9.17, 15) is 4.39 Å². The highest BCUT2D eigenvalue weighted by Gasteiger charge is 2.13. The molecule has 0 spiro atoms. The van der Waals surface area contributed by atoms with Crippen LogP contribution in [-0.2, 0) is 0 Å². The molecule has 8 heavy (non-hydrogen) atoms. The minimum Gasteiger partial charge on any atom is -0.330 e. The first kappa shape index (κ1) is 7.85. The highest BCUT2D eigenvalue weighted by atomic mass is 19.1. The predicted octanol–water partition coefficient (Wildman–Crippen LogP) is 0.370. The third kappa shape index (κ3) is 5.85. The van der Waals surface area contributed by atoms with Gasteiger partial charge >= 0.3 is 0 Å². The van der Waals surface area contributed by atoms with Gasteiger partial charge in [-0.2, -0.15) is 0 Å². The monoisotopic (exact) mass is 120 g/mol. The molecular weight excluding hydrogens is 107 g/mol. The van der Waals surface area contributed by atoms with Gasteiger partial charge in [-0.1, -0.05) is 0 Å². The molecule has 2 nitrogen and oxygen atoms in total. The molecule has 0 heterocycles. The molecule has 1 unspecified atom stereocenters. The van der Waals surface area contributed by atoms with Crippen LogP contribution in [0, 0.1) is 0 Å². The maximum Gasteiger partial charge on any atom is 0.156 e. The van der Waals surface area contributed by atoms with Crippen molar-refractivity contribution in [2.24, 2.45) is 11.5 Å². The lowest BCUT2D eigenvalue weighted by atomic mass is 10.2. The highest BCUT2D eigenvalue weighted by molar-refractivity contribution is 4.62. The van der Waals surface area contributed by atoms with E-state index in [-0.39, 0.29) is 0 Å². The van der Waals surface area contributed by atoms with Crippen molar-refractivity contribution in [3.63, 3.8) is 0 Å². The smallest absolute Gasteiger partial charge is 0.156 e. The molecule has 0 radical (unpaired) electrons. The first-order chi connectivity index (χ1) is 3.56. The van der Waals surface area contributed by atoms with Crippen LogP contribution in [0.2, 0.25) is 0 Å². The van der Waals surface area contributed by atoms with E-state index in [1.807, 2.05) is 0 Å². The van der Waals surface area contributed by atoms with Crippen LogP contribution in [0.5, 0.6) is 0 Å². The molecule has 0 aromatic heterocycles. The van der Waals surface area contributed by atoms with Crippen LogP contribution in [-0.4, -0.2) is 12.3 Å². The minimum absolute atomic E-state index is 0.351. The Morgan fingerprint density at radius 1 is 1.62 bits per heavy atom. The van der Waals surface area contributed by atoms with Gasteiger partial charge in [0.1, 0.15) is 0 Å². The lowest BCUT2D eigenvalue weighted by Gasteiger charge is -2.11. The van der Waals surface area contributed by atoms with Gasteiger partial charge in [0.05, 0.1) is 0 Å². The van der Waals surface area contributed by atoms with Crippen LogP contribution in [0.3, 0.4) is 0 Å². The molecule has 0 aliphatic carbocycles. The lowest BCUT2D eigenvalue weighted by Crippen LogP contribution is -2.30. The summed E-state index contributed by atoms with van der Waals surface area (Å²) in [5.74, 6) is -1.53. The van der Waals surface area contributed by atoms with Crippen molar-refractivity contribution in [2.45, 2.75) is 25.6 Å². The molecule has 0 saturated carbocycles. The molecule has 0 aliphatic rings. The number of hydrogen-bond acceptors (Lipinski definition) is 2. The zero-order valence-corrected chi connectivity index (χ0v) is 5.15. The van der Waals surface area contributed by atoms with Crippen LogP contribution in [0.1, 0.15) is 19.8 Å². The van der Waals surface area contributed by atoms with Crippen molar-refractivity contribution in [3.05, 3.63) is 0 Å². The molecule has 0 saturated heterocycles. The lowest BCUT2D eigenvalue weighted by molar-refractivity contribution is 0.182. The van der Waals surface area contributed by atoms with Gasteiger partial charge in [-0.3, -0.25) is 5.73 Å². The summed E-state index contributed by atoms with van der Waals surface area (Å²) in [6.07, 6.45) is 1.01. The van der Waals surface area contributed by atoms with E-state index in [4.69, 9.17) is 11.5 Å². The van der Waals surface area contributed by atoms with E-state index < -0.39 is 5.79 Å². The Kier molecular flexibility index (Phi) is 2.94. The highest BCUT2D eigenvalue weighted by Crippen LogP contribution is 2.07. The topological polar surface area (TPSA) is 52.0 Å². The van der Waals surface area contributed by atoms with Crippen molar-refractivity contribution in [1.29, 1.82) is 0 Å². The Morgan fingerprint density at radius 2 is 2.12 bits per heavy atom. The summed E-state index contributed by atoms with van der Waals surface area (Å²) in [5.41, 5.74) is 10.1. The number of halogens is 1. The van der Waals surface area contributed by atoms with Gasteiger partial charge in [0.2, 0.25) is 0 Å². The van der Waals surface area contributed by atoms with Crippen molar-refractivity contribution >= 4 is 0 Å². The van der Waals surface area contributed by atoms with Gasteiger partial charge in [0, 0.05) is 0 Å². The van der Waals surface area contributed by atoms with E-state index in [0.29, 0.717) is 19.4 Å². The van der Waals surface area contributed by atoms with E-state index in [1.54, 1.807) is 0 Å². The average Bonchev–Trinajstić information content (AvgIpc) is 1.59. The second-order valence-corrected chi connectivity index (χ2v) is 2.17. The molecule has 3 heteroatoms. The summed E-state index contributed by atoms with van der Waals surface area (Å²) in [4.78, 5) is 0. The third-order valence-electron chi connectivity index (χ3n) is 0.870. The summed E-state index contributed by atoms with van der Waals surface area (Å²) < 4.78 is 12.3. The fraction of sp³-hybridized carbons (Fsp3) is 1.00. The summed E-state index contributed by atoms with van der Waals surface area (Å²) in [5, 5.41) is 0. The molecular formula is C5H13FN2. The third-order valence-corrected chi connectivity index (χ3v) is 0.870. The van der Waals surface area contributed by atoms with Crippen LogP contribution in [0.25, 0.3) is 0 Å². The summed E-state index contributed by atoms with van der Waals surface area (Å²) in [7, 11) is 0. The minimum atomic E-state index is -1.53. The molecule has 0 amide bonds. The standard InChI is InChI=1S/C5H13FN2/c1-5(6,8)3-2-4-7/h2-4,7-8H2,1H3. The Bertz CT molecular complexity index is 57.9. The van der Waals surface area contributed by atoms with Gasteiger partial charge in [0.25, 0.3) is 0 Å². The zero-order chi connectivity index (χ0) is 6.62. The molecule has 0 aromatic rings. The predicted molar refractivity (Wildman–Crippen MR) is 32.0 cm³/mol. The van der Waals surface area contributed by atoms with Crippen molar-refractivity contribution in [3.8, 4) is 0 Å². The fourth-order valence-electron chi connectivity index (χ4n) is 0.448. The molecule has 0 aromatic carbocycles. The van der Waals surface area contributed by atoms with E-state index in [2.05, 4.69) is 0 Å². The fourth-order valence-corrected chi connectivity index (χ4v) is 0.448. The van der Waals surface area contributed by atoms with Gasteiger partial charge < -0.3 is 5.73 Å². The summed E-state index contributed by atoms with van der Waals surface area (Å²) in [6.45, 7) is 1.86. The number of rotatable bonds is 3. The maximum atomic E-state index is 12.3. The normalized spacial score (nSPS) is 18.0. The van der Waals surface area contributed by atoms with E-state index in [0.717, 1.165) is 0 Å². The number of nitrogens with two attached hydrogens (primary N) is 2. The van der Waals surface area contributed by atoms with Crippen molar-refractivity contribution < 1.29 is 4.39 Å². The van der Waals surface area contributed by atoms with Gasteiger partial charge in [-0.05, 0) is 26.3 Å². The molecule has 0 bridgehead atoms. The van der Waals surface area contributed by atoms with Crippen LogP contribution >= 0.6 is 0 Å². The zero-order valence-electron chi connectivity index (χ0n) is 5.15. The Morgan fingerprint density at radius 3 is 2.25 bits per heavy atom. The summed E-state index contributed by atoms with van der Waals surface area (Å²) >= 11 is 0. The second-order valence-electron chi connectivity index (χ2n) is 2.17. The number of alkyl halides is 1. The Hall–Kier alpha value is -0.150. The maximum absolute atomic E-state index is 12.3. The Labute approximate surface area is 49.0 Å². The SMILES string of the molecule is CC(N)(F)CCCN. The van der Waals surface area contributed by atoms with Crippen LogP contribution in [0.15, 0.2) is 0 Å². The molecule has 1 atom stereocenters. The van der Waals surface area contributed by atoms with Gasteiger partial charge in [-0.15, -0.1) is 0 Å².